The zero-order valence-corrected chi connectivity index (χ0v) is 37.6. The Hall–Kier alpha value is -0.890. The standard InChI is InChI=1S/C48H97NO6/c1-5-7-9-11-13-15-17-19-21-23-25-27-29-31-33-35-43-53-46(3)47(45-55-48(50)49-39-37-41-52-42-38-40-51-4)54-44-36-34-32-30-28-26-24-22-20-18-16-14-12-10-8-6-2/h46-47H,5-45H2,1-4H3,(H,49,50). The third-order valence-electron chi connectivity index (χ3n) is 11.0. The molecule has 0 aromatic carbocycles. The van der Waals surface area contributed by atoms with Gasteiger partial charge in [-0.25, -0.2) is 4.79 Å². The fourth-order valence-corrected chi connectivity index (χ4v) is 7.21. The van der Waals surface area contributed by atoms with Crippen molar-refractivity contribution in [2.24, 2.45) is 0 Å². The van der Waals surface area contributed by atoms with Gasteiger partial charge in [0.15, 0.2) is 0 Å². The summed E-state index contributed by atoms with van der Waals surface area (Å²) in [6.07, 6.45) is 44.4. The van der Waals surface area contributed by atoms with Gasteiger partial charge in [-0.05, 0) is 32.6 Å². The molecule has 330 valence electrons. The second kappa shape index (κ2) is 47.5. The molecule has 0 fully saturated rings. The fourth-order valence-electron chi connectivity index (χ4n) is 7.21. The predicted molar refractivity (Wildman–Crippen MR) is 236 cm³/mol. The number of rotatable bonds is 47. The normalized spacial score (nSPS) is 12.7. The highest BCUT2D eigenvalue weighted by atomic mass is 16.6. The van der Waals surface area contributed by atoms with Gasteiger partial charge in [-0.3, -0.25) is 0 Å². The van der Waals surface area contributed by atoms with Gasteiger partial charge in [0, 0.05) is 46.7 Å². The first-order chi connectivity index (χ1) is 27.2. The van der Waals surface area contributed by atoms with Crippen molar-refractivity contribution in [1.82, 2.24) is 5.32 Å². The Balaban J connectivity index is 4.12. The van der Waals surface area contributed by atoms with Crippen molar-refractivity contribution in [2.75, 3.05) is 53.3 Å². The number of ether oxygens (including phenoxy) is 5. The van der Waals surface area contributed by atoms with Crippen LogP contribution in [-0.2, 0) is 23.7 Å². The van der Waals surface area contributed by atoms with Gasteiger partial charge in [-0.15, -0.1) is 0 Å². The highest BCUT2D eigenvalue weighted by molar-refractivity contribution is 5.67. The summed E-state index contributed by atoms with van der Waals surface area (Å²) in [7, 11) is 1.70. The van der Waals surface area contributed by atoms with Crippen molar-refractivity contribution in [1.29, 1.82) is 0 Å². The lowest BCUT2D eigenvalue weighted by Gasteiger charge is -2.24. The summed E-state index contributed by atoms with van der Waals surface area (Å²) in [6.45, 7) is 10.8. The maximum Gasteiger partial charge on any atom is 0.407 e. The Labute approximate surface area is 343 Å². The van der Waals surface area contributed by atoms with E-state index in [1.54, 1.807) is 7.11 Å². The molecule has 0 saturated heterocycles. The largest absolute Gasteiger partial charge is 0.447 e. The van der Waals surface area contributed by atoms with Crippen molar-refractivity contribution in [3.05, 3.63) is 0 Å². The third kappa shape index (κ3) is 44.1. The molecule has 0 radical (unpaired) electrons. The van der Waals surface area contributed by atoms with E-state index < -0.39 is 6.09 Å². The van der Waals surface area contributed by atoms with Gasteiger partial charge < -0.3 is 29.0 Å². The van der Waals surface area contributed by atoms with Crippen LogP contribution in [0.4, 0.5) is 4.79 Å². The van der Waals surface area contributed by atoms with Crippen molar-refractivity contribution in [3.8, 4) is 0 Å². The van der Waals surface area contributed by atoms with Crippen molar-refractivity contribution >= 4 is 6.09 Å². The molecule has 0 heterocycles. The first-order valence-electron chi connectivity index (χ1n) is 24.4. The molecule has 7 heteroatoms. The number of amides is 1. The molecule has 0 aliphatic rings. The summed E-state index contributed by atoms with van der Waals surface area (Å²) in [5.41, 5.74) is 0. The molecule has 0 aromatic heterocycles. The zero-order valence-electron chi connectivity index (χ0n) is 37.6. The second-order valence-corrected chi connectivity index (χ2v) is 16.4. The minimum Gasteiger partial charge on any atom is -0.447 e. The number of carbonyl (C=O) groups is 1. The van der Waals surface area contributed by atoms with Gasteiger partial charge >= 0.3 is 6.09 Å². The van der Waals surface area contributed by atoms with Crippen LogP contribution in [0.25, 0.3) is 0 Å². The van der Waals surface area contributed by atoms with Crippen LogP contribution in [0, 0.1) is 0 Å². The van der Waals surface area contributed by atoms with E-state index >= 15 is 0 Å². The monoisotopic (exact) mass is 784 g/mol. The fraction of sp³-hybridized carbons (Fsp3) is 0.979. The average Bonchev–Trinajstić information content (AvgIpc) is 3.19. The lowest BCUT2D eigenvalue weighted by atomic mass is 10.0. The molecule has 0 spiro atoms. The Kier molecular flexibility index (Phi) is 46.7. The summed E-state index contributed by atoms with van der Waals surface area (Å²) in [5.74, 6) is 0. The van der Waals surface area contributed by atoms with Crippen LogP contribution in [0.5, 0.6) is 0 Å². The summed E-state index contributed by atoms with van der Waals surface area (Å²) in [5, 5.41) is 2.85. The van der Waals surface area contributed by atoms with Gasteiger partial charge in [0.2, 0.25) is 0 Å². The number of methoxy groups -OCH3 is 1. The summed E-state index contributed by atoms with van der Waals surface area (Å²) in [6, 6.07) is 0. The minimum absolute atomic E-state index is 0.120. The molecule has 1 amide bonds. The molecule has 0 bridgehead atoms. The van der Waals surface area contributed by atoms with Crippen LogP contribution >= 0.6 is 0 Å². The first kappa shape index (κ1) is 54.1. The molecule has 1 N–H and O–H groups in total. The second-order valence-electron chi connectivity index (χ2n) is 16.4. The lowest BCUT2D eigenvalue weighted by Crippen LogP contribution is -2.37. The Morgan fingerprint density at radius 3 is 1.20 bits per heavy atom. The SMILES string of the molecule is CCCCCCCCCCCCCCCCCCOC(C)C(COC(=O)NCCCOCCCOC)OCCCCCCCCCCCCCCCCCC. The van der Waals surface area contributed by atoms with E-state index in [0.717, 1.165) is 32.3 Å². The van der Waals surface area contributed by atoms with Crippen LogP contribution in [0.15, 0.2) is 0 Å². The van der Waals surface area contributed by atoms with Gasteiger partial charge in [0.25, 0.3) is 0 Å². The number of hydrogen-bond donors (Lipinski definition) is 1. The Morgan fingerprint density at radius 1 is 0.436 bits per heavy atom. The maximum absolute atomic E-state index is 12.4. The third-order valence-corrected chi connectivity index (χ3v) is 11.0. The minimum atomic E-state index is -0.402. The van der Waals surface area contributed by atoms with E-state index in [4.69, 9.17) is 23.7 Å². The van der Waals surface area contributed by atoms with E-state index in [-0.39, 0.29) is 18.8 Å². The van der Waals surface area contributed by atoms with E-state index in [0.29, 0.717) is 33.0 Å². The predicted octanol–water partition coefficient (Wildman–Crippen LogP) is 14.5. The Morgan fingerprint density at radius 2 is 0.800 bits per heavy atom. The summed E-state index contributed by atoms with van der Waals surface area (Å²) < 4.78 is 28.7. The molecule has 55 heavy (non-hydrogen) atoms. The van der Waals surface area contributed by atoms with Crippen LogP contribution in [0.3, 0.4) is 0 Å². The van der Waals surface area contributed by atoms with E-state index in [9.17, 15) is 4.79 Å². The van der Waals surface area contributed by atoms with Gasteiger partial charge in [-0.1, -0.05) is 206 Å². The quantitative estimate of drug-likeness (QED) is 0.0620. The molecule has 7 nitrogen and oxygen atoms in total. The number of hydrogen-bond acceptors (Lipinski definition) is 6. The zero-order chi connectivity index (χ0) is 40.0. The molecule has 0 aliphatic carbocycles. The average molecular weight is 784 g/mol. The molecule has 0 aromatic rings. The van der Waals surface area contributed by atoms with Crippen LogP contribution in [0.2, 0.25) is 0 Å². The van der Waals surface area contributed by atoms with E-state index in [1.165, 1.54) is 193 Å². The number of unbranched alkanes of at least 4 members (excludes halogenated alkanes) is 30. The maximum atomic E-state index is 12.4. The van der Waals surface area contributed by atoms with E-state index in [1.807, 2.05) is 0 Å². The first-order valence-corrected chi connectivity index (χ1v) is 24.4. The molecular formula is C48H97NO6. The molecule has 0 saturated carbocycles. The van der Waals surface area contributed by atoms with Crippen molar-refractivity contribution < 1.29 is 28.5 Å². The van der Waals surface area contributed by atoms with Crippen LogP contribution in [0.1, 0.15) is 239 Å². The number of nitrogens with one attached hydrogen (secondary N) is 1. The van der Waals surface area contributed by atoms with Crippen molar-refractivity contribution in [3.63, 3.8) is 0 Å². The molecule has 0 rings (SSSR count). The summed E-state index contributed by atoms with van der Waals surface area (Å²) in [4.78, 5) is 12.4. The summed E-state index contributed by atoms with van der Waals surface area (Å²) >= 11 is 0. The highest BCUT2D eigenvalue weighted by Crippen LogP contribution is 2.16. The van der Waals surface area contributed by atoms with Crippen LogP contribution in [-0.4, -0.2) is 71.6 Å². The molecular weight excluding hydrogens is 687 g/mol. The smallest absolute Gasteiger partial charge is 0.407 e. The molecule has 2 unspecified atom stereocenters. The highest BCUT2D eigenvalue weighted by Gasteiger charge is 2.21. The van der Waals surface area contributed by atoms with E-state index in [2.05, 4.69) is 26.1 Å². The number of carbonyl (C=O) groups excluding carboxylic acids is 1. The molecule has 2 atom stereocenters. The van der Waals surface area contributed by atoms with Crippen molar-refractivity contribution in [2.45, 2.75) is 251 Å². The molecule has 0 aliphatic heterocycles. The van der Waals surface area contributed by atoms with Gasteiger partial charge in [0.1, 0.15) is 12.7 Å². The lowest BCUT2D eigenvalue weighted by molar-refractivity contribution is -0.0876. The van der Waals surface area contributed by atoms with Gasteiger partial charge in [0.05, 0.1) is 6.10 Å². The van der Waals surface area contributed by atoms with Crippen LogP contribution < -0.4 is 5.32 Å². The Bertz CT molecular complexity index is 725. The van der Waals surface area contributed by atoms with Gasteiger partial charge in [-0.2, -0.15) is 0 Å². The number of alkyl carbamates (subject to hydrolysis) is 1. The topological polar surface area (TPSA) is 75.3 Å².